The van der Waals surface area contributed by atoms with E-state index in [1.165, 1.54) is 0 Å². The summed E-state index contributed by atoms with van der Waals surface area (Å²) in [7, 11) is -7.30. The Bertz CT molecular complexity index is 939. The van der Waals surface area contributed by atoms with E-state index in [0.29, 0.717) is 4.72 Å². The average molecular weight is 659 g/mol. The fourth-order valence-electron chi connectivity index (χ4n) is 2.39. The third-order valence-corrected chi connectivity index (χ3v) is 6.32. The number of hydrogen-bond donors (Lipinski definition) is 3. The number of rotatable bonds is 17. The predicted octanol–water partition coefficient (Wildman–Crippen LogP) is 4.41. The van der Waals surface area contributed by atoms with Crippen LogP contribution in [-0.2, 0) is 14.8 Å². The van der Waals surface area contributed by atoms with E-state index in [9.17, 15) is 83.1 Å². The van der Waals surface area contributed by atoms with Gasteiger partial charge in [0.05, 0.1) is 13.2 Å². The van der Waals surface area contributed by atoms with Crippen molar-refractivity contribution in [1.82, 2.24) is 4.72 Å². The summed E-state index contributed by atoms with van der Waals surface area (Å²) >= 11 is 0. The molecule has 24 heteroatoms. The van der Waals surface area contributed by atoms with Crippen molar-refractivity contribution in [3.63, 3.8) is 0 Å². The number of unbranched alkanes of at least 4 members (excludes halogenated alkanes) is 2. The van der Waals surface area contributed by atoms with Gasteiger partial charge in [0.15, 0.2) is 0 Å². The minimum atomic E-state index is -8.87. The fourth-order valence-corrected chi connectivity index (χ4v) is 3.45. The number of aliphatic hydroxyl groups is 2. The smallest absolute Gasteiger partial charge is 0.394 e. The maximum Gasteiger partial charge on any atom is 0.460 e. The van der Waals surface area contributed by atoms with Gasteiger partial charge < -0.3 is 14.9 Å². The van der Waals surface area contributed by atoms with Gasteiger partial charge in [0.2, 0.25) is 0 Å². The molecule has 6 nitrogen and oxygen atoms in total. The Morgan fingerprint density at radius 3 is 1.43 bits per heavy atom. The summed E-state index contributed by atoms with van der Waals surface area (Å²) in [6.07, 6.45) is -10.1. The molecule has 1 atom stereocenters. The maximum atomic E-state index is 13.9. The first kappa shape index (κ1) is 38.6. The number of nitrogens with one attached hydrogen (secondary N) is 1. The van der Waals surface area contributed by atoms with Gasteiger partial charge in [-0.25, -0.2) is 13.1 Å². The van der Waals surface area contributed by atoms with Crippen molar-refractivity contribution < 1.29 is 98.0 Å². The Morgan fingerprint density at radius 2 is 1.02 bits per heavy atom. The lowest BCUT2D eigenvalue weighted by Gasteiger charge is -2.42. The van der Waals surface area contributed by atoms with Crippen LogP contribution in [0.5, 0.6) is 0 Å². The van der Waals surface area contributed by atoms with Crippen molar-refractivity contribution in [3.8, 4) is 0 Å². The second-order valence-corrected chi connectivity index (χ2v) is 9.64. The van der Waals surface area contributed by atoms with Crippen LogP contribution < -0.4 is 4.72 Å². The lowest BCUT2D eigenvalue weighted by molar-refractivity contribution is -0.458. The highest BCUT2D eigenvalue weighted by Crippen LogP contribution is 2.64. The Kier molecular flexibility index (Phi) is 11.6. The zero-order valence-electron chi connectivity index (χ0n) is 19.0. The number of alkyl halides is 17. The van der Waals surface area contributed by atoms with Crippen LogP contribution in [-0.4, -0.2) is 98.1 Å². The molecule has 40 heavy (non-hydrogen) atoms. The molecule has 0 spiro atoms. The molecular weight excluding hydrogens is 641 g/mol. The molecule has 0 aromatic rings. The number of hydrogen-bond acceptors (Lipinski definition) is 5. The van der Waals surface area contributed by atoms with Crippen LogP contribution in [0.4, 0.5) is 74.6 Å². The molecule has 0 saturated heterocycles. The van der Waals surface area contributed by atoms with Gasteiger partial charge in [0.1, 0.15) is 6.10 Å². The normalized spacial score (nSPS) is 16.4. The van der Waals surface area contributed by atoms with E-state index in [1.807, 2.05) is 0 Å². The predicted molar refractivity (Wildman–Crippen MR) is 95.4 cm³/mol. The topological polar surface area (TPSA) is 95.9 Å². The van der Waals surface area contributed by atoms with Crippen LogP contribution >= 0.6 is 0 Å². The monoisotopic (exact) mass is 659 g/mol. The van der Waals surface area contributed by atoms with Crippen molar-refractivity contribution in [2.24, 2.45) is 0 Å². The molecule has 0 fully saturated rings. The second kappa shape index (κ2) is 12.1. The molecule has 1 unspecified atom stereocenters. The quantitative estimate of drug-likeness (QED) is 0.159. The number of ether oxygens (including phenoxy) is 1. The summed E-state index contributed by atoms with van der Waals surface area (Å²) in [5.41, 5.74) is 0. The van der Waals surface area contributed by atoms with Gasteiger partial charge in [-0.15, -0.1) is 0 Å². The average Bonchev–Trinajstić information content (AvgIpc) is 2.78. The molecule has 0 aromatic heterocycles. The summed E-state index contributed by atoms with van der Waals surface area (Å²) in [4.78, 5) is 0. The molecule has 0 aliphatic carbocycles. The van der Waals surface area contributed by atoms with Crippen LogP contribution in [0.15, 0.2) is 0 Å². The van der Waals surface area contributed by atoms with E-state index < -0.39 is 89.3 Å². The molecule has 0 rings (SSSR count). The number of halogens is 17. The highest BCUT2D eigenvalue weighted by molar-refractivity contribution is 7.90. The van der Waals surface area contributed by atoms with E-state index in [2.05, 4.69) is 0 Å². The summed E-state index contributed by atoms with van der Waals surface area (Å²) in [6, 6.07) is 0. The van der Waals surface area contributed by atoms with Gasteiger partial charge in [-0.1, -0.05) is 0 Å². The first-order chi connectivity index (χ1) is 17.5. The van der Waals surface area contributed by atoms with Crippen molar-refractivity contribution in [2.45, 2.75) is 72.3 Å². The first-order valence-electron chi connectivity index (χ1n) is 10.0. The lowest BCUT2D eigenvalue weighted by atomic mass is 9.91. The van der Waals surface area contributed by atoms with Crippen LogP contribution in [0, 0.1) is 0 Å². The molecule has 0 aromatic carbocycles. The third-order valence-electron chi connectivity index (χ3n) is 4.81. The Balaban J connectivity index is 5.94. The van der Waals surface area contributed by atoms with Gasteiger partial charge in [0, 0.05) is 13.2 Å². The van der Waals surface area contributed by atoms with Crippen molar-refractivity contribution in [1.29, 1.82) is 0 Å². The SMILES string of the molecule is O=S(=O)(NCCCCCOCC(O)CO)C(F)(F)C(F)(F)C(F)(F)C(F)(F)C(F)(F)C(F)(F)C(F)(F)C(F)(F)F. The van der Waals surface area contributed by atoms with Crippen LogP contribution in [0.2, 0.25) is 0 Å². The fraction of sp³-hybridized carbons (Fsp3) is 1.00. The highest BCUT2D eigenvalue weighted by Gasteiger charge is 2.96. The molecule has 0 heterocycles. The molecule has 242 valence electrons. The molecule has 0 bridgehead atoms. The Hall–Kier alpha value is -1.40. The van der Waals surface area contributed by atoms with Gasteiger partial charge in [0.25, 0.3) is 10.0 Å². The minimum absolute atomic E-state index is 0.0808. The summed E-state index contributed by atoms with van der Waals surface area (Å²) in [5, 5.41) is 9.86. The zero-order valence-corrected chi connectivity index (χ0v) is 19.8. The number of sulfonamides is 1. The van der Waals surface area contributed by atoms with E-state index in [0.717, 1.165) is 0 Å². The largest absolute Gasteiger partial charge is 0.460 e. The van der Waals surface area contributed by atoms with Crippen LogP contribution in [0.1, 0.15) is 19.3 Å². The minimum Gasteiger partial charge on any atom is -0.394 e. The Morgan fingerprint density at radius 1 is 0.625 bits per heavy atom. The van der Waals surface area contributed by atoms with Gasteiger partial charge >= 0.3 is 47.0 Å². The molecule has 0 aliphatic heterocycles. The van der Waals surface area contributed by atoms with Crippen molar-refractivity contribution in [2.75, 3.05) is 26.4 Å². The summed E-state index contributed by atoms with van der Waals surface area (Å²) in [6.45, 7) is -2.69. The molecule has 3 N–H and O–H groups in total. The lowest BCUT2D eigenvalue weighted by Crippen LogP contribution is -2.75. The molecule has 0 saturated carbocycles. The van der Waals surface area contributed by atoms with E-state index >= 15 is 0 Å². The van der Waals surface area contributed by atoms with E-state index in [4.69, 9.17) is 14.9 Å². The highest BCUT2D eigenvalue weighted by atomic mass is 32.2. The van der Waals surface area contributed by atoms with Crippen LogP contribution in [0.25, 0.3) is 0 Å². The van der Waals surface area contributed by atoms with Gasteiger partial charge in [-0.3, -0.25) is 0 Å². The second-order valence-electron chi connectivity index (χ2n) is 7.83. The van der Waals surface area contributed by atoms with E-state index in [-0.39, 0.29) is 19.4 Å². The van der Waals surface area contributed by atoms with Crippen molar-refractivity contribution >= 4 is 10.0 Å². The van der Waals surface area contributed by atoms with Gasteiger partial charge in [-0.2, -0.15) is 74.6 Å². The van der Waals surface area contributed by atoms with Crippen molar-refractivity contribution in [3.05, 3.63) is 0 Å². The van der Waals surface area contributed by atoms with Gasteiger partial charge in [-0.05, 0) is 19.3 Å². The third kappa shape index (κ3) is 6.48. The zero-order chi connectivity index (χ0) is 32.4. The van der Waals surface area contributed by atoms with E-state index in [1.54, 1.807) is 0 Å². The Labute approximate surface area is 212 Å². The summed E-state index contributed by atoms with van der Waals surface area (Å²) < 4.78 is 253. The maximum absolute atomic E-state index is 13.9. The first-order valence-corrected chi connectivity index (χ1v) is 11.5. The molecule has 0 aliphatic rings. The van der Waals surface area contributed by atoms with Crippen LogP contribution in [0.3, 0.4) is 0 Å². The molecular formula is C16H18F17NO5S. The molecule has 0 amide bonds. The molecule has 0 radical (unpaired) electrons. The standard InChI is InChI=1S/C16H18F17NO5S/c17-9(18,11(21,22)13(25,26)15(29,30)31)10(19,20)12(23,24)14(27,28)16(32,33)40(37,38)34-4-2-1-3-5-39-7-8(36)6-35/h8,34-36H,1-7H2. The summed E-state index contributed by atoms with van der Waals surface area (Å²) in [5.74, 6) is -51.8. The number of aliphatic hydroxyl groups excluding tert-OH is 2.